The van der Waals surface area contributed by atoms with Crippen LogP contribution in [0.25, 0.3) is 11.1 Å². The van der Waals surface area contributed by atoms with Gasteiger partial charge in [0.2, 0.25) is 0 Å². The van der Waals surface area contributed by atoms with Crippen molar-refractivity contribution in [1.82, 2.24) is 14.5 Å². The van der Waals surface area contributed by atoms with Crippen LogP contribution in [0.1, 0.15) is 5.56 Å². The fourth-order valence-electron chi connectivity index (χ4n) is 4.33. The van der Waals surface area contributed by atoms with Gasteiger partial charge in [0.15, 0.2) is 0 Å². The summed E-state index contributed by atoms with van der Waals surface area (Å²) in [5.41, 5.74) is 0.405. The molecule has 2 aliphatic rings. The van der Waals surface area contributed by atoms with Crippen molar-refractivity contribution in [1.29, 1.82) is 0 Å². The first kappa shape index (κ1) is 25.2. The van der Waals surface area contributed by atoms with Gasteiger partial charge in [0.25, 0.3) is 15.9 Å². The lowest BCUT2D eigenvalue weighted by Crippen LogP contribution is -2.54. The highest BCUT2D eigenvalue weighted by atomic mass is 32.2. The molecule has 2 aromatic rings. The number of para-hydroxylation sites is 1. The SMILES string of the molecule is CN1CCOc2ccccc2-c2cccc(c2F)CC2C(NS(=O)(=O)C(F)F)C(F)(F)CN2C1=O. The van der Waals surface area contributed by atoms with Crippen LogP contribution in [0.5, 0.6) is 5.75 Å². The second kappa shape index (κ2) is 9.26. The zero-order chi connectivity index (χ0) is 25.5. The highest BCUT2D eigenvalue weighted by Gasteiger charge is 2.58. The van der Waals surface area contributed by atoms with Gasteiger partial charge in [-0.2, -0.15) is 13.5 Å². The van der Waals surface area contributed by atoms with E-state index in [2.05, 4.69) is 0 Å². The van der Waals surface area contributed by atoms with E-state index >= 15 is 4.39 Å². The van der Waals surface area contributed by atoms with Crippen LogP contribution in [0.15, 0.2) is 42.5 Å². The van der Waals surface area contributed by atoms with Crippen LogP contribution in [0, 0.1) is 5.82 Å². The number of carbonyl (C=O) groups excluding carboxylic acids is 1. The number of hydrogen-bond donors (Lipinski definition) is 1. The lowest BCUT2D eigenvalue weighted by Gasteiger charge is -2.31. The summed E-state index contributed by atoms with van der Waals surface area (Å²) in [4.78, 5) is 14.8. The highest BCUT2D eigenvalue weighted by molar-refractivity contribution is 7.89. The van der Waals surface area contributed by atoms with Gasteiger partial charge >= 0.3 is 11.8 Å². The number of alkyl halides is 4. The Morgan fingerprint density at radius 3 is 2.51 bits per heavy atom. The minimum Gasteiger partial charge on any atom is -0.491 e. The number of fused-ring (bicyclic) bond motifs is 5. The van der Waals surface area contributed by atoms with Gasteiger partial charge in [-0.25, -0.2) is 26.4 Å². The number of likely N-dealkylation sites (N-methyl/N-ethyl adjacent to an activating group) is 1. The van der Waals surface area contributed by atoms with Crippen LogP contribution in [-0.2, 0) is 16.4 Å². The molecule has 2 aromatic carbocycles. The maximum Gasteiger partial charge on any atom is 0.350 e. The van der Waals surface area contributed by atoms with E-state index in [9.17, 15) is 30.8 Å². The predicted molar refractivity (Wildman–Crippen MR) is 116 cm³/mol. The Kier molecular flexibility index (Phi) is 6.66. The Bertz CT molecular complexity index is 1230. The topological polar surface area (TPSA) is 79.0 Å². The van der Waals surface area contributed by atoms with E-state index in [4.69, 9.17) is 4.74 Å². The van der Waals surface area contributed by atoms with E-state index in [1.807, 2.05) is 0 Å². The third-order valence-electron chi connectivity index (χ3n) is 6.09. The number of ether oxygens (including phenoxy) is 1. The molecule has 35 heavy (non-hydrogen) atoms. The van der Waals surface area contributed by atoms with Crippen molar-refractivity contribution in [3.8, 4) is 16.9 Å². The van der Waals surface area contributed by atoms with E-state index in [1.54, 1.807) is 24.3 Å². The average molecular weight is 519 g/mol. The largest absolute Gasteiger partial charge is 0.491 e. The molecule has 0 radical (unpaired) electrons. The molecule has 0 spiro atoms. The summed E-state index contributed by atoms with van der Waals surface area (Å²) in [5.74, 6) is -8.29. The molecule has 0 aliphatic carbocycles. The van der Waals surface area contributed by atoms with Crippen LogP contribution >= 0.6 is 0 Å². The molecule has 4 rings (SSSR count). The van der Waals surface area contributed by atoms with Crippen molar-refractivity contribution in [3.63, 3.8) is 0 Å². The highest BCUT2D eigenvalue weighted by Crippen LogP contribution is 2.38. The third kappa shape index (κ3) is 4.79. The molecule has 2 amide bonds. The minimum atomic E-state index is -5.44. The van der Waals surface area contributed by atoms with Crippen molar-refractivity contribution in [2.45, 2.75) is 30.2 Å². The van der Waals surface area contributed by atoms with Gasteiger partial charge in [-0.1, -0.05) is 36.4 Å². The number of carbonyl (C=O) groups is 1. The van der Waals surface area contributed by atoms with Crippen LogP contribution < -0.4 is 9.46 Å². The number of nitrogens with one attached hydrogen (secondary N) is 1. The second-order valence-electron chi connectivity index (χ2n) is 8.39. The van der Waals surface area contributed by atoms with E-state index < -0.39 is 58.6 Å². The Balaban J connectivity index is 1.84. The summed E-state index contributed by atoms with van der Waals surface area (Å²) in [5, 5.41) is 0. The summed E-state index contributed by atoms with van der Waals surface area (Å²) < 4.78 is 102. The number of nitrogens with zero attached hydrogens (tertiary/aromatic N) is 2. The molecule has 2 unspecified atom stereocenters. The molecule has 1 N–H and O–H groups in total. The standard InChI is InChI=1S/C22H22F5N3O4S/c1-29-9-10-34-17-8-3-2-6-14(17)15-7-4-5-13(18(15)23)11-16-19(28-35(32,33)20(24)25)22(26,27)12-30(16)21(29)31/h2-8,16,19-20,28H,9-12H2,1H3. The van der Waals surface area contributed by atoms with Crippen molar-refractivity contribution in [2.75, 3.05) is 26.7 Å². The summed E-state index contributed by atoms with van der Waals surface area (Å²) in [7, 11) is -4.10. The lowest BCUT2D eigenvalue weighted by atomic mass is 9.95. The molecule has 13 heteroatoms. The van der Waals surface area contributed by atoms with E-state index in [1.165, 1.54) is 30.0 Å². The van der Waals surface area contributed by atoms with Gasteiger partial charge in [-0.3, -0.25) is 0 Å². The van der Waals surface area contributed by atoms with Gasteiger partial charge in [0.05, 0.1) is 19.1 Å². The Morgan fingerprint density at radius 1 is 1.11 bits per heavy atom. The van der Waals surface area contributed by atoms with E-state index in [0.717, 1.165) is 4.90 Å². The van der Waals surface area contributed by atoms with Crippen molar-refractivity contribution in [3.05, 3.63) is 53.8 Å². The Labute approximate surface area is 198 Å². The number of urea groups is 1. The maximum absolute atomic E-state index is 15.6. The van der Waals surface area contributed by atoms with Crippen LogP contribution in [0.4, 0.5) is 26.7 Å². The van der Waals surface area contributed by atoms with Crippen LogP contribution in [0.3, 0.4) is 0 Å². The monoisotopic (exact) mass is 519 g/mol. The first-order valence-electron chi connectivity index (χ1n) is 10.6. The quantitative estimate of drug-likeness (QED) is 0.632. The van der Waals surface area contributed by atoms with Gasteiger partial charge in [-0.15, -0.1) is 0 Å². The van der Waals surface area contributed by atoms with Gasteiger partial charge in [0.1, 0.15) is 24.2 Å². The van der Waals surface area contributed by atoms with Gasteiger partial charge < -0.3 is 14.5 Å². The van der Waals surface area contributed by atoms with Gasteiger partial charge in [-0.05, 0) is 18.1 Å². The molecule has 0 aromatic heterocycles. The number of hydrogen-bond acceptors (Lipinski definition) is 4. The van der Waals surface area contributed by atoms with E-state index in [-0.39, 0.29) is 24.3 Å². The molecule has 2 bridgehead atoms. The fourth-order valence-corrected chi connectivity index (χ4v) is 5.11. The first-order chi connectivity index (χ1) is 16.4. The minimum absolute atomic E-state index is 0.0323. The number of amides is 2. The van der Waals surface area contributed by atoms with Crippen LogP contribution in [-0.4, -0.2) is 74.8 Å². The number of halogens is 5. The smallest absolute Gasteiger partial charge is 0.350 e. The molecule has 1 fully saturated rings. The van der Waals surface area contributed by atoms with Gasteiger partial charge in [0, 0.05) is 18.2 Å². The maximum atomic E-state index is 15.6. The average Bonchev–Trinajstić information content (AvgIpc) is 3.04. The molecular weight excluding hydrogens is 497 g/mol. The zero-order valence-electron chi connectivity index (χ0n) is 18.4. The number of rotatable bonds is 3. The number of sulfonamides is 1. The summed E-state index contributed by atoms with van der Waals surface area (Å²) in [6.07, 6.45) is -0.547. The number of benzene rings is 2. The molecule has 1 saturated heterocycles. The van der Waals surface area contributed by atoms with E-state index in [0.29, 0.717) is 16.2 Å². The molecular formula is C22H22F5N3O4S. The normalized spacial score (nSPS) is 22.5. The van der Waals surface area contributed by atoms with Crippen molar-refractivity contribution < 1.29 is 39.9 Å². The Hall–Kier alpha value is -2.93. The molecule has 190 valence electrons. The molecule has 2 heterocycles. The summed E-state index contributed by atoms with van der Waals surface area (Å²) >= 11 is 0. The Morgan fingerprint density at radius 2 is 1.80 bits per heavy atom. The predicted octanol–water partition coefficient (Wildman–Crippen LogP) is 3.31. The fraction of sp³-hybridized carbons (Fsp3) is 0.409. The molecule has 7 nitrogen and oxygen atoms in total. The van der Waals surface area contributed by atoms with Crippen molar-refractivity contribution in [2.24, 2.45) is 0 Å². The summed E-state index contributed by atoms with van der Waals surface area (Å²) in [6, 6.07) is 5.90. The van der Waals surface area contributed by atoms with Crippen LogP contribution in [0.2, 0.25) is 0 Å². The molecule has 2 atom stereocenters. The third-order valence-corrected chi connectivity index (χ3v) is 7.14. The molecule has 0 saturated carbocycles. The first-order valence-corrected chi connectivity index (χ1v) is 12.2. The molecule has 2 aliphatic heterocycles. The van der Waals surface area contributed by atoms with Crippen molar-refractivity contribution >= 4 is 16.1 Å². The zero-order valence-corrected chi connectivity index (χ0v) is 19.2. The second-order valence-corrected chi connectivity index (χ2v) is 10.1. The lowest BCUT2D eigenvalue weighted by molar-refractivity contribution is -0.00554. The summed E-state index contributed by atoms with van der Waals surface area (Å²) in [6.45, 7) is -1.31.